The predicted molar refractivity (Wildman–Crippen MR) is 121 cm³/mol. The molecule has 2 amide bonds. The zero-order valence-electron chi connectivity index (χ0n) is 17.5. The Bertz CT molecular complexity index is 580. The third-order valence-electron chi connectivity index (χ3n) is 5.79. The van der Waals surface area contributed by atoms with Crippen LogP contribution < -0.4 is 21.7 Å². The lowest BCUT2D eigenvalue weighted by molar-refractivity contribution is -0.143. The van der Waals surface area contributed by atoms with Crippen molar-refractivity contribution in [3.8, 4) is 0 Å². The molecule has 2 fully saturated rings. The summed E-state index contributed by atoms with van der Waals surface area (Å²) < 4.78 is 0. The van der Waals surface area contributed by atoms with Gasteiger partial charge in [-0.25, -0.2) is 0 Å². The molecule has 0 bridgehead atoms. The molecule has 2 rings (SSSR count). The van der Waals surface area contributed by atoms with Crippen LogP contribution in [0.15, 0.2) is 0 Å². The molecule has 4 atom stereocenters. The number of nitrogens with two attached hydrogens (primary N) is 1. The Hall–Kier alpha value is -1.58. The van der Waals surface area contributed by atoms with E-state index in [2.05, 4.69) is 16.0 Å². The van der Waals surface area contributed by atoms with Gasteiger partial charge in [0.1, 0.15) is 12.3 Å². The SMILES string of the molecule is CNC1CCCCC1C(=O)N1CCC[C@H]1C(=O)N[C@H](C=O)CCCNC(=N)N.Cl.Cl. The van der Waals surface area contributed by atoms with Crippen molar-refractivity contribution >= 4 is 48.9 Å². The summed E-state index contributed by atoms with van der Waals surface area (Å²) in [4.78, 5) is 38.9. The van der Waals surface area contributed by atoms with Crippen LogP contribution in [0.5, 0.6) is 0 Å². The van der Waals surface area contributed by atoms with Crippen molar-refractivity contribution in [3.05, 3.63) is 0 Å². The van der Waals surface area contributed by atoms with Crippen LogP contribution in [0.4, 0.5) is 0 Å². The highest BCUT2D eigenvalue weighted by molar-refractivity contribution is 5.90. The summed E-state index contributed by atoms with van der Waals surface area (Å²) in [6.45, 7) is 1.06. The fourth-order valence-corrected chi connectivity index (χ4v) is 4.29. The van der Waals surface area contributed by atoms with Gasteiger partial charge in [-0.05, 0) is 45.6 Å². The molecule has 1 heterocycles. The first-order valence-electron chi connectivity index (χ1n) is 10.3. The van der Waals surface area contributed by atoms with E-state index in [-0.39, 0.29) is 54.5 Å². The maximum atomic E-state index is 13.1. The Labute approximate surface area is 191 Å². The number of hydrogen-bond donors (Lipinski definition) is 5. The van der Waals surface area contributed by atoms with Crippen molar-refractivity contribution in [2.75, 3.05) is 20.1 Å². The van der Waals surface area contributed by atoms with Crippen LogP contribution in [0.3, 0.4) is 0 Å². The molecule has 0 radical (unpaired) electrons. The fraction of sp³-hybridized carbons (Fsp3) is 0.789. The van der Waals surface area contributed by atoms with Gasteiger partial charge in [-0.3, -0.25) is 15.0 Å². The quantitative estimate of drug-likeness (QED) is 0.145. The summed E-state index contributed by atoms with van der Waals surface area (Å²) in [5.74, 6) is -0.384. The number of likely N-dealkylation sites (tertiary alicyclic amines) is 1. The van der Waals surface area contributed by atoms with Gasteiger partial charge in [0.05, 0.1) is 12.0 Å². The number of carbonyl (C=O) groups is 3. The van der Waals surface area contributed by atoms with Gasteiger partial charge in [0.15, 0.2) is 5.96 Å². The lowest BCUT2D eigenvalue weighted by Gasteiger charge is -2.35. The largest absolute Gasteiger partial charge is 0.370 e. The first-order chi connectivity index (χ1) is 13.5. The normalized spacial score (nSPS) is 24.0. The molecule has 2 unspecified atom stereocenters. The van der Waals surface area contributed by atoms with E-state index in [1.54, 1.807) is 4.90 Å². The summed E-state index contributed by atoms with van der Waals surface area (Å²) in [5, 5.41) is 15.8. The summed E-state index contributed by atoms with van der Waals surface area (Å²) in [6.07, 6.45) is 7.23. The highest BCUT2D eigenvalue weighted by Crippen LogP contribution is 2.29. The molecule has 2 aliphatic rings. The maximum absolute atomic E-state index is 13.1. The van der Waals surface area contributed by atoms with E-state index in [0.29, 0.717) is 32.4 Å². The van der Waals surface area contributed by atoms with Gasteiger partial charge in [-0.15, -0.1) is 24.8 Å². The molecular weight excluding hydrogens is 431 g/mol. The summed E-state index contributed by atoms with van der Waals surface area (Å²) in [6, 6.07) is -0.926. The number of hydrogen-bond acceptors (Lipinski definition) is 5. The molecule has 0 aromatic carbocycles. The van der Waals surface area contributed by atoms with Crippen LogP contribution in [0.1, 0.15) is 51.4 Å². The second-order valence-electron chi connectivity index (χ2n) is 7.71. The monoisotopic (exact) mass is 466 g/mol. The molecule has 1 saturated carbocycles. The summed E-state index contributed by atoms with van der Waals surface area (Å²) in [5.41, 5.74) is 5.22. The van der Waals surface area contributed by atoms with Crippen molar-refractivity contribution < 1.29 is 14.4 Å². The predicted octanol–water partition coefficient (Wildman–Crippen LogP) is 0.546. The highest BCUT2D eigenvalue weighted by Gasteiger charge is 2.40. The van der Waals surface area contributed by atoms with Gasteiger partial charge in [0.2, 0.25) is 11.8 Å². The van der Waals surface area contributed by atoms with Gasteiger partial charge >= 0.3 is 0 Å². The van der Waals surface area contributed by atoms with Crippen molar-refractivity contribution in [1.29, 1.82) is 5.41 Å². The zero-order valence-corrected chi connectivity index (χ0v) is 19.2. The zero-order chi connectivity index (χ0) is 20.5. The molecule has 1 aliphatic heterocycles. The second-order valence-corrected chi connectivity index (χ2v) is 7.71. The average molecular weight is 467 g/mol. The third kappa shape index (κ3) is 7.92. The molecule has 1 saturated heterocycles. The molecule has 1 aliphatic carbocycles. The van der Waals surface area contributed by atoms with Crippen LogP contribution in [-0.2, 0) is 14.4 Å². The van der Waals surface area contributed by atoms with E-state index >= 15 is 0 Å². The fourth-order valence-electron chi connectivity index (χ4n) is 4.29. The molecule has 0 aromatic heterocycles. The van der Waals surface area contributed by atoms with E-state index in [9.17, 15) is 14.4 Å². The Kier molecular flexibility index (Phi) is 13.7. The van der Waals surface area contributed by atoms with E-state index in [1.807, 2.05) is 7.05 Å². The lowest BCUT2D eigenvalue weighted by atomic mass is 9.83. The van der Waals surface area contributed by atoms with Gasteiger partial charge in [-0.1, -0.05) is 12.8 Å². The number of nitrogens with zero attached hydrogens (tertiary/aromatic N) is 1. The Balaban J connectivity index is 0.00000420. The Morgan fingerprint density at radius 1 is 1.20 bits per heavy atom. The second kappa shape index (κ2) is 14.4. The smallest absolute Gasteiger partial charge is 0.243 e. The Morgan fingerprint density at radius 3 is 2.53 bits per heavy atom. The van der Waals surface area contributed by atoms with E-state index in [0.717, 1.165) is 38.4 Å². The number of nitrogens with one attached hydrogen (secondary N) is 4. The van der Waals surface area contributed by atoms with Crippen molar-refractivity contribution in [2.24, 2.45) is 11.7 Å². The average Bonchev–Trinajstić information content (AvgIpc) is 3.19. The van der Waals surface area contributed by atoms with Gasteiger partial charge in [0, 0.05) is 19.1 Å². The Morgan fingerprint density at radius 2 is 1.90 bits per heavy atom. The minimum absolute atomic E-state index is 0. The molecular formula is C19H36Cl2N6O3. The van der Waals surface area contributed by atoms with Crippen molar-refractivity contribution in [3.63, 3.8) is 0 Å². The summed E-state index contributed by atoms with van der Waals surface area (Å²) >= 11 is 0. The van der Waals surface area contributed by atoms with E-state index < -0.39 is 12.1 Å². The number of aldehydes is 1. The molecule has 0 aromatic rings. The summed E-state index contributed by atoms with van der Waals surface area (Å²) in [7, 11) is 1.89. The number of amides is 2. The maximum Gasteiger partial charge on any atom is 0.243 e. The molecule has 6 N–H and O–H groups in total. The van der Waals surface area contributed by atoms with Crippen LogP contribution in [0.25, 0.3) is 0 Å². The number of halogens is 2. The van der Waals surface area contributed by atoms with Crippen LogP contribution in [0.2, 0.25) is 0 Å². The van der Waals surface area contributed by atoms with Gasteiger partial charge in [0.25, 0.3) is 0 Å². The minimum atomic E-state index is -0.599. The first kappa shape index (κ1) is 28.4. The minimum Gasteiger partial charge on any atom is -0.370 e. The van der Waals surface area contributed by atoms with Crippen molar-refractivity contribution in [2.45, 2.75) is 69.5 Å². The lowest BCUT2D eigenvalue weighted by Crippen LogP contribution is -2.53. The first-order valence-corrected chi connectivity index (χ1v) is 10.3. The number of rotatable bonds is 9. The standard InChI is InChI=1S/C19H34N6O3.2ClH/c1-22-15-8-3-2-7-14(15)18(28)25-11-5-9-16(25)17(27)24-13(12-26)6-4-10-23-19(20)21;;/h12-16,22H,2-11H2,1H3,(H,24,27)(H4,20,21,23);2*1H/t13-,14?,15?,16-;;/m0../s1. The van der Waals surface area contributed by atoms with Gasteiger partial charge in [-0.2, -0.15) is 0 Å². The number of guanidine groups is 1. The van der Waals surface area contributed by atoms with Gasteiger partial charge < -0.3 is 31.4 Å². The molecule has 11 heteroatoms. The highest BCUT2D eigenvalue weighted by atomic mass is 35.5. The number of carbonyl (C=O) groups excluding carboxylic acids is 3. The van der Waals surface area contributed by atoms with E-state index in [4.69, 9.17) is 11.1 Å². The topological polar surface area (TPSA) is 140 Å². The molecule has 0 spiro atoms. The molecule has 30 heavy (non-hydrogen) atoms. The molecule has 174 valence electrons. The third-order valence-corrected chi connectivity index (χ3v) is 5.79. The van der Waals surface area contributed by atoms with Crippen LogP contribution in [0, 0.1) is 11.3 Å². The van der Waals surface area contributed by atoms with E-state index in [1.165, 1.54) is 0 Å². The molecule has 9 nitrogen and oxygen atoms in total. The van der Waals surface area contributed by atoms with Crippen LogP contribution in [-0.4, -0.2) is 67.2 Å². The van der Waals surface area contributed by atoms with Crippen LogP contribution >= 0.6 is 24.8 Å². The van der Waals surface area contributed by atoms with Crippen molar-refractivity contribution in [1.82, 2.24) is 20.9 Å².